The summed E-state index contributed by atoms with van der Waals surface area (Å²) in [6.45, 7) is 4.10. The molecule has 33 heavy (non-hydrogen) atoms. The van der Waals surface area contributed by atoms with E-state index in [1.165, 1.54) is 10.4 Å². The quantitative estimate of drug-likeness (QED) is 0.567. The van der Waals surface area contributed by atoms with Gasteiger partial charge in [0.2, 0.25) is 10.0 Å². The Morgan fingerprint density at radius 1 is 1.06 bits per heavy atom. The second-order valence-corrected chi connectivity index (χ2v) is 9.92. The SMILES string of the molecule is CCOc1ccccc1COC(=O)C1CCN(S(=O)(=O)c2ccc3c(c2)OCCCO3)CC1. The van der Waals surface area contributed by atoms with Crippen molar-refractivity contribution in [3.8, 4) is 17.2 Å². The number of rotatable bonds is 7. The van der Waals surface area contributed by atoms with E-state index in [1.54, 1.807) is 12.1 Å². The largest absolute Gasteiger partial charge is 0.493 e. The van der Waals surface area contributed by atoms with E-state index >= 15 is 0 Å². The summed E-state index contributed by atoms with van der Waals surface area (Å²) in [7, 11) is -3.69. The van der Waals surface area contributed by atoms with Gasteiger partial charge in [0.05, 0.1) is 30.6 Å². The second-order valence-electron chi connectivity index (χ2n) is 7.99. The Morgan fingerprint density at radius 3 is 2.55 bits per heavy atom. The number of hydrogen-bond donors (Lipinski definition) is 0. The highest BCUT2D eigenvalue weighted by Gasteiger charge is 2.33. The molecule has 8 nitrogen and oxygen atoms in total. The number of nitrogens with zero attached hydrogens (tertiary/aromatic N) is 1. The van der Waals surface area contributed by atoms with Crippen molar-refractivity contribution in [3.05, 3.63) is 48.0 Å². The molecule has 178 valence electrons. The van der Waals surface area contributed by atoms with E-state index in [4.69, 9.17) is 18.9 Å². The lowest BCUT2D eigenvalue weighted by molar-refractivity contribution is -0.151. The minimum absolute atomic E-state index is 0.130. The van der Waals surface area contributed by atoms with Crippen LogP contribution in [0.3, 0.4) is 0 Å². The summed E-state index contributed by atoms with van der Waals surface area (Å²) in [5.41, 5.74) is 0.808. The van der Waals surface area contributed by atoms with Crippen molar-refractivity contribution in [2.24, 2.45) is 5.92 Å². The highest BCUT2D eigenvalue weighted by Crippen LogP contribution is 2.34. The number of ether oxygens (including phenoxy) is 4. The lowest BCUT2D eigenvalue weighted by Crippen LogP contribution is -2.40. The van der Waals surface area contributed by atoms with Gasteiger partial charge in [-0.25, -0.2) is 8.42 Å². The van der Waals surface area contributed by atoms with E-state index in [0.717, 1.165) is 12.0 Å². The van der Waals surface area contributed by atoms with Gasteiger partial charge in [0.25, 0.3) is 0 Å². The predicted octanol–water partition coefficient (Wildman–Crippen LogP) is 3.39. The number of esters is 1. The summed E-state index contributed by atoms with van der Waals surface area (Å²) in [6.07, 6.45) is 1.57. The van der Waals surface area contributed by atoms with Crippen molar-refractivity contribution in [2.75, 3.05) is 32.9 Å². The van der Waals surface area contributed by atoms with Gasteiger partial charge < -0.3 is 18.9 Å². The fraction of sp³-hybridized carbons (Fsp3) is 0.458. The first-order valence-electron chi connectivity index (χ1n) is 11.3. The summed E-state index contributed by atoms with van der Waals surface area (Å²) >= 11 is 0. The van der Waals surface area contributed by atoms with Crippen LogP contribution < -0.4 is 14.2 Å². The van der Waals surface area contributed by atoms with Crippen LogP contribution >= 0.6 is 0 Å². The molecule has 0 N–H and O–H groups in total. The maximum Gasteiger partial charge on any atom is 0.309 e. The molecule has 9 heteroatoms. The summed E-state index contributed by atoms with van der Waals surface area (Å²) in [4.78, 5) is 12.8. The van der Waals surface area contributed by atoms with Crippen molar-refractivity contribution in [2.45, 2.75) is 37.7 Å². The minimum atomic E-state index is -3.69. The van der Waals surface area contributed by atoms with Crippen LogP contribution in [0.1, 0.15) is 31.7 Å². The topological polar surface area (TPSA) is 91.4 Å². The van der Waals surface area contributed by atoms with Gasteiger partial charge in [0.15, 0.2) is 11.5 Å². The molecule has 0 unspecified atom stereocenters. The first-order chi connectivity index (χ1) is 16.0. The summed E-state index contributed by atoms with van der Waals surface area (Å²) in [6, 6.07) is 12.1. The van der Waals surface area contributed by atoms with Crippen LogP contribution in [0.15, 0.2) is 47.4 Å². The lowest BCUT2D eigenvalue weighted by atomic mass is 9.98. The molecule has 4 rings (SSSR count). The van der Waals surface area contributed by atoms with Gasteiger partial charge in [-0.3, -0.25) is 4.79 Å². The Kier molecular flexibility index (Phi) is 7.39. The van der Waals surface area contributed by atoms with E-state index in [2.05, 4.69) is 0 Å². The molecule has 2 aromatic rings. The third kappa shape index (κ3) is 5.42. The maximum absolute atomic E-state index is 13.1. The van der Waals surface area contributed by atoms with Gasteiger partial charge in [-0.05, 0) is 38.0 Å². The van der Waals surface area contributed by atoms with Gasteiger partial charge in [0.1, 0.15) is 12.4 Å². The Morgan fingerprint density at radius 2 is 1.79 bits per heavy atom. The molecule has 0 saturated carbocycles. The van der Waals surface area contributed by atoms with E-state index < -0.39 is 10.0 Å². The van der Waals surface area contributed by atoms with Gasteiger partial charge in [-0.15, -0.1) is 0 Å². The van der Waals surface area contributed by atoms with E-state index in [-0.39, 0.29) is 36.5 Å². The number of sulfonamides is 1. The van der Waals surface area contributed by atoms with E-state index in [0.29, 0.717) is 49.9 Å². The zero-order valence-electron chi connectivity index (χ0n) is 18.7. The van der Waals surface area contributed by atoms with Crippen molar-refractivity contribution in [3.63, 3.8) is 0 Å². The molecular weight excluding hydrogens is 446 g/mol. The van der Waals surface area contributed by atoms with Crippen molar-refractivity contribution in [1.29, 1.82) is 0 Å². The first-order valence-corrected chi connectivity index (χ1v) is 12.7. The molecule has 2 aliphatic heterocycles. The number of hydrogen-bond acceptors (Lipinski definition) is 7. The minimum Gasteiger partial charge on any atom is -0.493 e. The molecule has 0 amide bonds. The Hall–Kier alpha value is -2.78. The summed E-state index contributed by atoms with van der Waals surface area (Å²) in [5, 5.41) is 0. The fourth-order valence-electron chi connectivity index (χ4n) is 3.97. The van der Waals surface area contributed by atoms with Crippen molar-refractivity contribution >= 4 is 16.0 Å². The highest BCUT2D eigenvalue weighted by molar-refractivity contribution is 7.89. The molecular formula is C24H29NO7S. The number of para-hydroxylation sites is 1. The Bertz CT molecular complexity index is 1080. The molecule has 2 aliphatic rings. The molecule has 0 spiro atoms. The standard InChI is InChI=1S/C24H29NO7S/c1-2-29-21-7-4-3-6-19(21)17-32-24(26)18-10-12-25(13-11-18)33(27,28)20-8-9-22-23(16-20)31-15-5-14-30-22/h3-4,6-9,16,18H,2,5,10-15,17H2,1H3. The molecule has 2 aromatic carbocycles. The first kappa shape index (κ1) is 23.4. The molecule has 0 atom stereocenters. The van der Waals surface area contributed by atoms with Crippen LogP contribution in [0.5, 0.6) is 17.2 Å². The molecule has 0 aliphatic carbocycles. The molecule has 0 aromatic heterocycles. The number of benzene rings is 2. The van der Waals surface area contributed by atoms with E-state index in [9.17, 15) is 13.2 Å². The van der Waals surface area contributed by atoms with Crippen molar-refractivity contribution in [1.82, 2.24) is 4.31 Å². The smallest absolute Gasteiger partial charge is 0.309 e. The summed E-state index contributed by atoms with van der Waals surface area (Å²) < 4.78 is 50.0. The van der Waals surface area contributed by atoms with E-state index in [1.807, 2.05) is 31.2 Å². The zero-order chi connectivity index (χ0) is 23.3. The fourth-order valence-corrected chi connectivity index (χ4v) is 5.46. The molecule has 0 radical (unpaired) electrons. The number of carbonyl (C=O) groups is 1. The monoisotopic (exact) mass is 475 g/mol. The molecule has 1 saturated heterocycles. The Balaban J connectivity index is 1.34. The van der Waals surface area contributed by atoms with Crippen LogP contribution in [0.25, 0.3) is 0 Å². The third-order valence-electron chi connectivity index (χ3n) is 5.79. The summed E-state index contributed by atoms with van der Waals surface area (Å²) in [5.74, 6) is 1.05. The zero-order valence-corrected chi connectivity index (χ0v) is 19.5. The normalized spacial score (nSPS) is 17.2. The van der Waals surface area contributed by atoms with Crippen LogP contribution in [0.4, 0.5) is 0 Å². The van der Waals surface area contributed by atoms with Gasteiger partial charge >= 0.3 is 5.97 Å². The van der Waals surface area contributed by atoms with Gasteiger partial charge in [-0.1, -0.05) is 18.2 Å². The van der Waals surface area contributed by atoms with Crippen LogP contribution in [-0.4, -0.2) is 51.6 Å². The van der Waals surface area contributed by atoms with Gasteiger partial charge in [-0.2, -0.15) is 4.31 Å². The number of carbonyl (C=O) groups excluding carboxylic acids is 1. The number of fused-ring (bicyclic) bond motifs is 1. The maximum atomic E-state index is 13.1. The second kappa shape index (κ2) is 10.4. The average Bonchev–Trinajstić information content (AvgIpc) is 3.08. The predicted molar refractivity (Wildman–Crippen MR) is 121 cm³/mol. The molecule has 0 bridgehead atoms. The van der Waals surface area contributed by atoms with Gasteiger partial charge in [0, 0.05) is 31.1 Å². The highest BCUT2D eigenvalue weighted by atomic mass is 32.2. The lowest BCUT2D eigenvalue weighted by Gasteiger charge is -2.30. The average molecular weight is 476 g/mol. The van der Waals surface area contributed by atoms with Crippen LogP contribution in [-0.2, 0) is 26.2 Å². The Labute approximate surface area is 194 Å². The van der Waals surface area contributed by atoms with Crippen LogP contribution in [0, 0.1) is 5.92 Å². The van der Waals surface area contributed by atoms with Crippen molar-refractivity contribution < 1.29 is 32.2 Å². The molecule has 2 heterocycles. The molecule has 1 fully saturated rings. The third-order valence-corrected chi connectivity index (χ3v) is 7.68. The van der Waals surface area contributed by atoms with Crippen LogP contribution in [0.2, 0.25) is 0 Å². The number of piperidine rings is 1.